The number of carbonyl (C=O) groups is 3. The number of hydrogen-bond acceptors (Lipinski definition) is 7. The van der Waals surface area contributed by atoms with Crippen LogP contribution in [0.1, 0.15) is 84.0 Å². The van der Waals surface area contributed by atoms with Crippen molar-refractivity contribution in [3.05, 3.63) is 36.5 Å². The molecule has 2 aliphatic heterocycles. The minimum absolute atomic E-state index is 0.0717. The smallest absolute Gasteiger partial charge is 0.306 e. The third-order valence-electron chi connectivity index (χ3n) is 9.79. The SMILES string of the molecule is CCCCCCCCCCCCC(=O)OC(CN1CCN(c2ccccn2)CC1)CN1C(=O)C2C3C=CC(C3)C2C1=O. The second-order valence-electron chi connectivity index (χ2n) is 12.8. The molecular formula is C34H50N4O4. The average Bonchev–Trinajstić information content (AvgIpc) is 3.69. The minimum Gasteiger partial charge on any atom is -0.459 e. The van der Waals surface area contributed by atoms with E-state index in [0.29, 0.717) is 13.0 Å². The average molecular weight is 579 g/mol. The number of pyridine rings is 1. The van der Waals surface area contributed by atoms with E-state index in [9.17, 15) is 14.4 Å². The summed E-state index contributed by atoms with van der Waals surface area (Å²) in [6.07, 6.45) is 19.0. The number of fused-ring (bicyclic) bond motifs is 5. The zero-order valence-corrected chi connectivity index (χ0v) is 25.5. The summed E-state index contributed by atoms with van der Waals surface area (Å²) in [6.45, 7) is 6.21. The van der Waals surface area contributed by atoms with Crippen LogP contribution in [0.15, 0.2) is 36.5 Å². The maximum atomic E-state index is 13.4. The first kappa shape index (κ1) is 30.7. The van der Waals surface area contributed by atoms with Gasteiger partial charge in [0.2, 0.25) is 11.8 Å². The summed E-state index contributed by atoms with van der Waals surface area (Å²) >= 11 is 0. The highest BCUT2D eigenvalue weighted by molar-refractivity contribution is 6.06. The lowest BCUT2D eigenvalue weighted by molar-refractivity contribution is -0.155. The first-order valence-corrected chi connectivity index (χ1v) is 16.7. The van der Waals surface area contributed by atoms with Gasteiger partial charge in [0.15, 0.2) is 0 Å². The fourth-order valence-corrected chi connectivity index (χ4v) is 7.47. The number of aromatic nitrogens is 1. The van der Waals surface area contributed by atoms with E-state index in [1.54, 1.807) is 0 Å². The Labute approximate surface area is 251 Å². The van der Waals surface area contributed by atoms with Crippen molar-refractivity contribution >= 4 is 23.6 Å². The second-order valence-corrected chi connectivity index (χ2v) is 12.8. The Balaban J connectivity index is 1.10. The molecule has 1 saturated carbocycles. The molecule has 2 saturated heterocycles. The van der Waals surface area contributed by atoms with Gasteiger partial charge in [0, 0.05) is 45.3 Å². The highest BCUT2D eigenvalue weighted by atomic mass is 16.5. The van der Waals surface area contributed by atoms with Gasteiger partial charge in [-0.25, -0.2) is 4.98 Å². The standard InChI is InChI=1S/C34H50N4O4/c1-2-3-4-5-6-7-8-9-10-11-15-30(39)42-28(24-36-19-21-37(22-20-36)29-14-12-13-18-35-29)25-38-33(40)31-26-16-17-27(23-26)32(31)34(38)41/h12-14,16-18,26-28,31-32H,2-11,15,19-25H2,1H3. The summed E-state index contributed by atoms with van der Waals surface area (Å²) in [5.41, 5.74) is 0. The van der Waals surface area contributed by atoms with Crippen molar-refractivity contribution in [2.24, 2.45) is 23.7 Å². The number of nitrogens with zero attached hydrogens (tertiary/aromatic N) is 4. The third kappa shape index (κ3) is 7.61. The van der Waals surface area contributed by atoms with Gasteiger partial charge in [0.25, 0.3) is 0 Å². The van der Waals surface area contributed by atoms with E-state index in [2.05, 4.69) is 33.9 Å². The van der Waals surface area contributed by atoms with Gasteiger partial charge in [-0.3, -0.25) is 24.2 Å². The predicted molar refractivity (Wildman–Crippen MR) is 164 cm³/mol. The van der Waals surface area contributed by atoms with Crippen LogP contribution < -0.4 is 4.90 Å². The van der Waals surface area contributed by atoms with Crippen LogP contribution in [0.3, 0.4) is 0 Å². The molecule has 2 bridgehead atoms. The molecule has 230 valence electrons. The lowest BCUT2D eigenvalue weighted by Crippen LogP contribution is -2.51. The van der Waals surface area contributed by atoms with E-state index >= 15 is 0 Å². The minimum atomic E-state index is -0.514. The normalized spacial score (nSPS) is 25.8. The monoisotopic (exact) mass is 578 g/mol. The van der Waals surface area contributed by atoms with Crippen molar-refractivity contribution < 1.29 is 19.1 Å². The number of piperazine rings is 1. The third-order valence-corrected chi connectivity index (χ3v) is 9.79. The van der Waals surface area contributed by atoms with Gasteiger partial charge < -0.3 is 9.64 Å². The summed E-state index contributed by atoms with van der Waals surface area (Å²) in [6, 6.07) is 5.95. The molecule has 1 aromatic rings. The van der Waals surface area contributed by atoms with Crippen LogP contribution >= 0.6 is 0 Å². The van der Waals surface area contributed by atoms with E-state index in [0.717, 1.165) is 57.7 Å². The maximum Gasteiger partial charge on any atom is 0.306 e. The molecule has 3 heterocycles. The van der Waals surface area contributed by atoms with Gasteiger partial charge >= 0.3 is 5.97 Å². The van der Waals surface area contributed by atoms with Gasteiger partial charge in [-0.15, -0.1) is 0 Å². The van der Waals surface area contributed by atoms with Crippen molar-refractivity contribution in [1.29, 1.82) is 0 Å². The fraction of sp³-hybridized carbons (Fsp3) is 0.706. The largest absolute Gasteiger partial charge is 0.459 e. The first-order chi connectivity index (χ1) is 20.5. The molecule has 0 spiro atoms. The van der Waals surface area contributed by atoms with Crippen LogP contribution in [0.4, 0.5) is 5.82 Å². The molecule has 0 radical (unpaired) electrons. The summed E-state index contributed by atoms with van der Waals surface area (Å²) in [4.78, 5) is 50.2. The Morgan fingerprint density at radius 2 is 1.48 bits per heavy atom. The Hall–Kier alpha value is -2.74. The van der Waals surface area contributed by atoms with Crippen molar-refractivity contribution in [3.8, 4) is 0 Å². The molecule has 42 heavy (non-hydrogen) atoms. The van der Waals surface area contributed by atoms with Crippen LogP contribution in [-0.4, -0.2) is 77.9 Å². The summed E-state index contributed by atoms with van der Waals surface area (Å²) in [5.74, 6) is 0.522. The quantitative estimate of drug-likeness (QED) is 0.108. The molecule has 2 aliphatic carbocycles. The number of rotatable bonds is 17. The number of unbranched alkanes of at least 4 members (excludes halogenated alkanes) is 9. The number of amides is 2. The van der Waals surface area contributed by atoms with Crippen molar-refractivity contribution in [2.45, 2.75) is 90.1 Å². The van der Waals surface area contributed by atoms with Crippen molar-refractivity contribution in [3.63, 3.8) is 0 Å². The molecule has 2 amide bonds. The lowest BCUT2D eigenvalue weighted by atomic mass is 9.85. The fourth-order valence-electron chi connectivity index (χ4n) is 7.47. The topological polar surface area (TPSA) is 83.1 Å². The lowest BCUT2D eigenvalue weighted by Gasteiger charge is -2.37. The van der Waals surface area contributed by atoms with Crippen LogP contribution in [0.5, 0.6) is 0 Å². The Morgan fingerprint density at radius 1 is 0.857 bits per heavy atom. The highest BCUT2D eigenvalue weighted by Crippen LogP contribution is 2.52. The van der Waals surface area contributed by atoms with E-state index in [4.69, 9.17) is 4.74 Å². The second kappa shape index (κ2) is 15.1. The Kier molecular flexibility index (Phi) is 11.1. The molecule has 4 aliphatic rings. The summed E-state index contributed by atoms with van der Waals surface area (Å²) in [5, 5.41) is 0. The molecule has 1 aromatic heterocycles. The molecule has 0 N–H and O–H groups in total. The maximum absolute atomic E-state index is 13.4. The predicted octanol–water partition coefficient (Wildman–Crippen LogP) is 5.23. The molecule has 3 fully saturated rings. The van der Waals surface area contributed by atoms with Crippen molar-refractivity contribution in [2.75, 3.05) is 44.2 Å². The zero-order valence-electron chi connectivity index (χ0n) is 25.5. The van der Waals surface area contributed by atoms with Gasteiger partial charge in [-0.1, -0.05) is 82.9 Å². The van der Waals surface area contributed by atoms with Gasteiger partial charge in [0.1, 0.15) is 11.9 Å². The summed E-state index contributed by atoms with van der Waals surface area (Å²) < 4.78 is 6.03. The number of carbonyl (C=O) groups excluding carboxylic acids is 3. The van der Waals surface area contributed by atoms with E-state index in [1.165, 1.54) is 49.8 Å². The van der Waals surface area contributed by atoms with E-state index in [1.807, 2.05) is 24.4 Å². The van der Waals surface area contributed by atoms with Crippen LogP contribution in [0.2, 0.25) is 0 Å². The number of ether oxygens (including phenoxy) is 1. The Morgan fingerprint density at radius 3 is 2.07 bits per heavy atom. The number of likely N-dealkylation sites (tertiary alicyclic amines) is 1. The van der Waals surface area contributed by atoms with Gasteiger partial charge in [-0.05, 0) is 36.8 Å². The van der Waals surface area contributed by atoms with E-state index in [-0.39, 0.29) is 48.0 Å². The molecular weight excluding hydrogens is 528 g/mol. The summed E-state index contributed by atoms with van der Waals surface area (Å²) in [7, 11) is 0. The highest BCUT2D eigenvalue weighted by Gasteiger charge is 2.59. The van der Waals surface area contributed by atoms with Crippen LogP contribution in [0.25, 0.3) is 0 Å². The molecule has 5 rings (SSSR count). The van der Waals surface area contributed by atoms with Gasteiger partial charge in [-0.2, -0.15) is 0 Å². The molecule has 8 nitrogen and oxygen atoms in total. The molecule has 8 heteroatoms. The van der Waals surface area contributed by atoms with Gasteiger partial charge in [0.05, 0.1) is 18.4 Å². The van der Waals surface area contributed by atoms with Crippen LogP contribution in [0, 0.1) is 23.7 Å². The first-order valence-electron chi connectivity index (χ1n) is 16.7. The van der Waals surface area contributed by atoms with Crippen molar-refractivity contribution in [1.82, 2.24) is 14.8 Å². The number of imide groups is 1. The zero-order chi connectivity index (χ0) is 29.3. The van der Waals surface area contributed by atoms with E-state index < -0.39 is 6.10 Å². The molecule has 5 atom stereocenters. The number of anilines is 1. The molecule has 0 aromatic carbocycles. The number of hydrogen-bond donors (Lipinski definition) is 0. The Bertz CT molecular complexity index is 1040. The van der Waals surface area contributed by atoms with Crippen LogP contribution in [-0.2, 0) is 19.1 Å². The number of allylic oxidation sites excluding steroid dienone is 2. The molecule has 5 unspecified atom stereocenters. The number of esters is 1.